The number of aliphatic hydroxyl groups excluding tert-OH is 1. The van der Waals surface area contributed by atoms with Crippen LogP contribution in [-0.2, 0) is 9.53 Å². The number of rotatable bonds is 6. The Labute approximate surface area is 212 Å². The fourth-order valence-electron chi connectivity index (χ4n) is 5.80. The molecule has 2 amide bonds. The fraction of sp³-hybridized carbons (Fsp3) is 0.520. The van der Waals surface area contributed by atoms with Gasteiger partial charge in [0.15, 0.2) is 0 Å². The summed E-state index contributed by atoms with van der Waals surface area (Å²) in [6.07, 6.45) is 7.10. The smallest absolute Gasteiger partial charge is 0.263 e. The molecule has 0 radical (unpaired) electrons. The molecule has 2 saturated heterocycles. The number of carbonyl (C=O) groups excluding carboxylic acids is 2. The summed E-state index contributed by atoms with van der Waals surface area (Å²) in [4.78, 5) is 39.7. The van der Waals surface area contributed by atoms with Crippen molar-refractivity contribution in [3.8, 4) is 10.6 Å². The third-order valence-corrected chi connectivity index (χ3v) is 8.61. The van der Waals surface area contributed by atoms with Crippen LogP contribution in [0.2, 0.25) is 0 Å². The molecule has 2 unspecified atom stereocenters. The first-order valence-corrected chi connectivity index (χ1v) is 13.3. The molecule has 1 saturated carbocycles. The lowest BCUT2D eigenvalue weighted by Crippen LogP contribution is -2.37. The summed E-state index contributed by atoms with van der Waals surface area (Å²) in [5, 5.41) is 18.2. The molecule has 2 aliphatic heterocycles. The van der Waals surface area contributed by atoms with Crippen molar-refractivity contribution in [2.45, 2.75) is 44.4 Å². The van der Waals surface area contributed by atoms with Crippen LogP contribution in [0.5, 0.6) is 0 Å². The van der Waals surface area contributed by atoms with Crippen LogP contribution < -0.4 is 10.6 Å². The van der Waals surface area contributed by atoms with Crippen molar-refractivity contribution in [1.29, 1.82) is 0 Å². The number of hydrogen-bond acceptors (Lipinski definition) is 8. The molecule has 3 fully saturated rings. The van der Waals surface area contributed by atoms with Crippen molar-refractivity contribution in [1.82, 2.24) is 25.2 Å². The molecule has 5 atom stereocenters. The molecule has 0 aromatic carbocycles. The van der Waals surface area contributed by atoms with Crippen LogP contribution in [0.25, 0.3) is 21.6 Å². The molecular formula is C25H30N6O4S. The number of fused-ring (bicyclic) bond motifs is 2. The molecule has 190 valence electrons. The Balaban J connectivity index is 1.21. The molecule has 4 N–H and O–H groups in total. The maximum absolute atomic E-state index is 12.7. The van der Waals surface area contributed by atoms with Crippen LogP contribution in [0.3, 0.4) is 0 Å². The van der Waals surface area contributed by atoms with E-state index >= 15 is 0 Å². The third-order valence-electron chi connectivity index (χ3n) is 7.58. The van der Waals surface area contributed by atoms with Crippen molar-refractivity contribution in [2.75, 3.05) is 31.6 Å². The number of likely N-dealkylation sites (tertiary alicyclic amines) is 1. The van der Waals surface area contributed by atoms with Gasteiger partial charge >= 0.3 is 0 Å². The van der Waals surface area contributed by atoms with Crippen LogP contribution in [0, 0.1) is 11.8 Å². The quantitative estimate of drug-likeness (QED) is 0.400. The number of nitrogens with zero attached hydrogens (tertiary/aromatic N) is 3. The summed E-state index contributed by atoms with van der Waals surface area (Å²) in [6.45, 7) is 4.16. The highest BCUT2D eigenvalue weighted by Gasteiger charge is 2.43. The van der Waals surface area contributed by atoms with E-state index in [-0.39, 0.29) is 23.9 Å². The first kappa shape index (κ1) is 23.4. The summed E-state index contributed by atoms with van der Waals surface area (Å²) >= 11 is 1.36. The Bertz CT molecular complexity index is 1270. The topological polar surface area (TPSA) is 132 Å². The number of anilines is 1. The number of carbonyl (C=O) groups is 2. The van der Waals surface area contributed by atoms with E-state index in [0.29, 0.717) is 43.0 Å². The average Bonchev–Trinajstić information content (AvgIpc) is 3.67. The van der Waals surface area contributed by atoms with Gasteiger partial charge in [-0.2, -0.15) is 0 Å². The van der Waals surface area contributed by atoms with Crippen LogP contribution in [0.1, 0.15) is 35.9 Å². The van der Waals surface area contributed by atoms with E-state index in [1.54, 1.807) is 11.1 Å². The second kappa shape index (κ2) is 9.45. The standard InChI is InChI=1S/C25H30N6O4S/c1-13(32)25(34)31-10-14-6-17(7-15(14)11-31)29-21-18-2-4-26-22(18)27-8-19(21)24-28-9-20(36-24)23(33)30-16-3-5-35-12-16/h2,4,8-9,13-17,32H,3,5-7,10-12H2,1H3,(H,30,33)(H2,26,27,29)/t13-,14-,15+,16?,17?/m0/s1. The number of aromatic nitrogens is 3. The number of nitrogens with one attached hydrogen (secondary N) is 3. The second-order valence-corrected chi connectivity index (χ2v) is 11.1. The summed E-state index contributed by atoms with van der Waals surface area (Å²) in [5.74, 6) is 0.543. The lowest BCUT2D eigenvalue weighted by atomic mass is 10.0. The van der Waals surface area contributed by atoms with Gasteiger partial charge in [-0.3, -0.25) is 9.59 Å². The maximum Gasteiger partial charge on any atom is 0.263 e. The van der Waals surface area contributed by atoms with Gasteiger partial charge in [0.1, 0.15) is 21.6 Å². The zero-order valence-corrected chi connectivity index (χ0v) is 20.9. The zero-order valence-electron chi connectivity index (χ0n) is 20.1. The van der Waals surface area contributed by atoms with Crippen molar-refractivity contribution in [2.24, 2.45) is 11.8 Å². The zero-order chi connectivity index (χ0) is 24.8. The van der Waals surface area contributed by atoms with E-state index in [1.807, 2.05) is 18.5 Å². The van der Waals surface area contributed by atoms with E-state index in [9.17, 15) is 14.7 Å². The number of ether oxygens (including phenoxy) is 1. The predicted molar refractivity (Wildman–Crippen MR) is 136 cm³/mol. The van der Waals surface area contributed by atoms with Gasteiger partial charge in [-0.25, -0.2) is 9.97 Å². The third kappa shape index (κ3) is 4.35. The molecule has 5 heterocycles. The predicted octanol–water partition coefficient (Wildman–Crippen LogP) is 2.23. The number of H-pyrrole nitrogens is 1. The Morgan fingerprint density at radius 1 is 1.22 bits per heavy atom. The van der Waals surface area contributed by atoms with Crippen molar-refractivity contribution >= 4 is 39.9 Å². The number of thiazole rings is 1. The first-order chi connectivity index (χ1) is 17.5. The number of amides is 2. The lowest BCUT2D eigenvalue weighted by molar-refractivity contribution is -0.138. The van der Waals surface area contributed by atoms with Crippen LogP contribution in [0.4, 0.5) is 5.69 Å². The Kier molecular flexibility index (Phi) is 6.14. The van der Waals surface area contributed by atoms with Crippen molar-refractivity contribution in [3.05, 3.63) is 29.5 Å². The summed E-state index contributed by atoms with van der Waals surface area (Å²) in [5.41, 5.74) is 2.64. The summed E-state index contributed by atoms with van der Waals surface area (Å²) in [6, 6.07) is 2.31. The highest BCUT2D eigenvalue weighted by molar-refractivity contribution is 7.17. The van der Waals surface area contributed by atoms with E-state index < -0.39 is 6.10 Å². The number of aromatic amines is 1. The van der Waals surface area contributed by atoms with Gasteiger partial charge in [0.2, 0.25) is 0 Å². The van der Waals surface area contributed by atoms with Gasteiger partial charge in [-0.15, -0.1) is 11.3 Å². The molecule has 1 aliphatic carbocycles. The Hall–Kier alpha value is -3.02. The molecule has 3 aliphatic rings. The molecule has 10 nitrogen and oxygen atoms in total. The molecule has 0 bridgehead atoms. The van der Waals surface area contributed by atoms with E-state index in [1.165, 1.54) is 18.3 Å². The monoisotopic (exact) mass is 510 g/mol. The average molecular weight is 511 g/mol. The molecule has 6 rings (SSSR count). The first-order valence-electron chi connectivity index (χ1n) is 12.5. The fourth-order valence-corrected chi connectivity index (χ4v) is 6.64. The van der Waals surface area contributed by atoms with Gasteiger partial charge < -0.3 is 30.4 Å². The van der Waals surface area contributed by atoms with Gasteiger partial charge in [-0.05, 0) is 44.1 Å². The van der Waals surface area contributed by atoms with E-state index in [4.69, 9.17) is 4.74 Å². The highest BCUT2D eigenvalue weighted by Crippen LogP contribution is 2.42. The number of hydrogen-bond donors (Lipinski definition) is 4. The lowest BCUT2D eigenvalue weighted by Gasteiger charge is -2.22. The van der Waals surface area contributed by atoms with Crippen molar-refractivity contribution < 1.29 is 19.4 Å². The SMILES string of the molecule is C[C@H](O)C(=O)N1C[C@H]2CC(Nc3c(-c4ncc(C(=O)NC5CCOC5)s4)cnc4[nH]ccc34)C[C@H]2C1. The molecule has 3 aromatic rings. The number of pyridine rings is 1. The maximum atomic E-state index is 12.7. The molecule has 11 heteroatoms. The van der Waals surface area contributed by atoms with Crippen molar-refractivity contribution in [3.63, 3.8) is 0 Å². The van der Waals surface area contributed by atoms with Crippen LogP contribution in [0.15, 0.2) is 24.7 Å². The molecular weight excluding hydrogens is 480 g/mol. The summed E-state index contributed by atoms with van der Waals surface area (Å²) in [7, 11) is 0. The minimum atomic E-state index is -0.948. The van der Waals surface area contributed by atoms with Gasteiger partial charge in [0, 0.05) is 43.5 Å². The summed E-state index contributed by atoms with van der Waals surface area (Å²) < 4.78 is 5.36. The largest absolute Gasteiger partial charge is 0.384 e. The van der Waals surface area contributed by atoms with Gasteiger partial charge in [0.05, 0.1) is 30.1 Å². The Morgan fingerprint density at radius 3 is 2.75 bits per heavy atom. The highest BCUT2D eigenvalue weighted by atomic mass is 32.1. The van der Waals surface area contributed by atoms with Gasteiger partial charge in [0.25, 0.3) is 11.8 Å². The van der Waals surface area contributed by atoms with Crippen LogP contribution in [-0.4, -0.2) is 81.3 Å². The molecule has 3 aromatic heterocycles. The number of aliphatic hydroxyl groups is 1. The second-order valence-electron chi connectivity index (χ2n) is 10.1. The van der Waals surface area contributed by atoms with E-state index in [0.717, 1.165) is 46.6 Å². The molecule has 0 spiro atoms. The minimum Gasteiger partial charge on any atom is -0.384 e. The van der Waals surface area contributed by atoms with E-state index in [2.05, 4.69) is 25.6 Å². The minimum absolute atomic E-state index is 0.0479. The molecule has 36 heavy (non-hydrogen) atoms. The van der Waals surface area contributed by atoms with Crippen LogP contribution >= 0.6 is 11.3 Å². The normalized spacial score (nSPS) is 26.3. The Morgan fingerprint density at radius 2 is 2.03 bits per heavy atom. The van der Waals surface area contributed by atoms with Gasteiger partial charge in [-0.1, -0.05) is 0 Å².